The maximum atomic E-state index is 9.39. The summed E-state index contributed by atoms with van der Waals surface area (Å²) in [4.78, 5) is 0. The molecule has 0 radical (unpaired) electrons. The van der Waals surface area contributed by atoms with Gasteiger partial charge in [0.25, 0.3) is 0 Å². The molecule has 0 bridgehead atoms. The van der Waals surface area contributed by atoms with Crippen molar-refractivity contribution in [2.45, 2.75) is 25.8 Å². The lowest BCUT2D eigenvalue weighted by atomic mass is 10.2. The van der Waals surface area contributed by atoms with Crippen molar-refractivity contribution >= 4 is 28.9 Å². The summed E-state index contributed by atoms with van der Waals surface area (Å²) in [5.41, 5.74) is 0.863. The number of anilines is 1. The number of hydrogen-bond acceptors (Lipinski definition) is 2. The lowest BCUT2D eigenvalue weighted by Crippen LogP contribution is -2.17. The molecule has 1 atom stereocenters. The van der Waals surface area contributed by atoms with Crippen LogP contribution < -0.4 is 5.32 Å². The van der Waals surface area contributed by atoms with E-state index in [2.05, 4.69) is 12.2 Å². The van der Waals surface area contributed by atoms with Gasteiger partial charge in [0, 0.05) is 11.7 Å². The molecule has 2 N–H and O–H groups in total. The van der Waals surface area contributed by atoms with Gasteiger partial charge in [-0.1, -0.05) is 23.2 Å². The molecule has 1 aromatic carbocycles. The first kappa shape index (κ1) is 10.9. The summed E-state index contributed by atoms with van der Waals surface area (Å²) in [5.74, 6) is 0.708. The summed E-state index contributed by atoms with van der Waals surface area (Å²) in [5, 5.41) is 13.3. The Labute approximate surface area is 99.2 Å². The molecule has 0 aliphatic heterocycles. The van der Waals surface area contributed by atoms with E-state index in [1.165, 1.54) is 12.8 Å². The average Bonchev–Trinajstić information content (AvgIpc) is 2.96. The number of phenols is 1. The van der Waals surface area contributed by atoms with Gasteiger partial charge in [-0.2, -0.15) is 0 Å². The van der Waals surface area contributed by atoms with Gasteiger partial charge in [0.05, 0.1) is 10.0 Å². The Morgan fingerprint density at radius 3 is 2.33 bits per heavy atom. The van der Waals surface area contributed by atoms with Crippen molar-refractivity contribution in [3.63, 3.8) is 0 Å². The van der Waals surface area contributed by atoms with Crippen molar-refractivity contribution in [3.8, 4) is 5.75 Å². The molecule has 82 valence electrons. The van der Waals surface area contributed by atoms with Crippen molar-refractivity contribution in [2.75, 3.05) is 5.32 Å². The van der Waals surface area contributed by atoms with Crippen LogP contribution in [0.1, 0.15) is 19.8 Å². The maximum Gasteiger partial charge on any atom is 0.152 e. The highest BCUT2D eigenvalue weighted by molar-refractivity contribution is 6.37. The van der Waals surface area contributed by atoms with E-state index in [0.717, 1.165) is 11.6 Å². The van der Waals surface area contributed by atoms with Crippen LogP contribution in [0.3, 0.4) is 0 Å². The predicted molar refractivity (Wildman–Crippen MR) is 63.9 cm³/mol. The maximum absolute atomic E-state index is 9.39. The third-order valence-electron chi connectivity index (χ3n) is 2.74. The summed E-state index contributed by atoms with van der Waals surface area (Å²) in [6, 6.07) is 3.82. The minimum Gasteiger partial charge on any atom is -0.505 e. The smallest absolute Gasteiger partial charge is 0.152 e. The molecule has 0 amide bonds. The average molecular weight is 246 g/mol. The van der Waals surface area contributed by atoms with Gasteiger partial charge < -0.3 is 10.4 Å². The molecule has 4 heteroatoms. The molecular weight excluding hydrogens is 233 g/mol. The Balaban J connectivity index is 2.14. The normalized spacial score (nSPS) is 17.5. The number of rotatable bonds is 3. The molecular formula is C11H13Cl2NO. The Morgan fingerprint density at radius 1 is 1.33 bits per heavy atom. The van der Waals surface area contributed by atoms with E-state index >= 15 is 0 Å². The largest absolute Gasteiger partial charge is 0.505 e. The SMILES string of the molecule is CC(Nc1cc(Cl)c(O)c(Cl)c1)C1CC1. The third kappa shape index (κ3) is 2.50. The van der Waals surface area contributed by atoms with E-state index in [1.807, 2.05) is 0 Å². The molecule has 1 unspecified atom stereocenters. The lowest BCUT2D eigenvalue weighted by Gasteiger charge is -2.15. The Morgan fingerprint density at radius 2 is 1.87 bits per heavy atom. The molecule has 1 aliphatic carbocycles. The van der Waals surface area contributed by atoms with E-state index in [0.29, 0.717) is 6.04 Å². The quantitative estimate of drug-likeness (QED) is 0.792. The molecule has 1 aromatic rings. The second-order valence-electron chi connectivity index (χ2n) is 4.06. The zero-order chi connectivity index (χ0) is 11.0. The molecule has 1 aliphatic rings. The summed E-state index contributed by atoms with van der Waals surface area (Å²) in [6.45, 7) is 2.15. The molecule has 0 heterocycles. The van der Waals surface area contributed by atoms with E-state index in [4.69, 9.17) is 23.2 Å². The molecule has 2 rings (SSSR count). The highest BCUT2D eigenvalue weighted by Gasteiger charge is 2.27. The minimum absolute atomic E-state index is 0.0528. The Kier molecular flexibility index (Phi) is 2.98. The van der Waals surface area contributed by atoms with Crippen molar-refractivity contribution in [2.24, 2.45) is 5.92 Å². The van der Waals surface area contributed by atoms with Gasteiger partial charge in [-0.15, -0.1) is 0 Å². The van der Waals surface area contributed by atoms with Crippen LogP contribution in [-0.2, 0) is 0 Å². The topological polar surface area (TPSA) is 32.3 Å². The third-order valence-corrected chi connectivity index (χ3v) is 3.32. The van der Waals surface area contributed by atoms with Gasteiger partial charge in [-0.25, -0.2) is 0 Å². The minimum atomic E-state index is -0.0528. The van der Waals surface area contributed by atoms with Crippen LogP contribution in [-0.4, -0.2) is 11.1 Å². The fraction of sp³-hybridized carbons (Fsp3) is 0.455. The van der Waals surface area contributed by atoms with Crippen LogP contribution in [0.25, 0.3) is 0 Å². The monoisotopic (exact) mass is 245 g/mol. The highest BCUT2D eigenvalue weighted by atomic mass is 35.5. The van der Waals surface area contributed by atoms with Crippen molar-refractivity contribution in [3.05, 3.63) is 22.2 Å². The standard InChI is InChI=1S/C11H13Cl2NO/c1-6(7-2-3-7)14-8-4-9(12)11(15)10(13)5-8/h4-7,14-15H,2-3H2,1H3. The first-order valence-corrected chi connectivity index (χ1v) is 5.78. The number of benzene rings is 1. The molecule has 1 fully saturated rings. The number of hydrogen-bond donors (Lipinski definition) is 2. The summed E-state index contributed by atoms with van der Waals surface area (Å²) in [6.07, 6.45) is 2.57. The van der Waals surface area contributed by atoms with Gasteiger partial charge in [-0.3, -0.25) is 0 Å². The second-order valence-corrected chi connectivity index (χ2v) is 4.87. The second kappa shape index (κ2) is 4.11. The Bertz CT molecular complexity index is 354. The van der Waals surface area contributed by atoms with Gasteiger partial charge in [0.15, 0.2) is 5.75 Å². The highest BCUT2D eigenvalue weighted by Crippen LogP contribution is 2.37. The zero-order valence-electron chi connectivity index (χ0n) is 8.43. The molecule has 0 saturated heterocycles. The van der Waals surface area contributed by atoms with Crippen LogP contribution in [0, 0.1) is 5.92 Å². The lowest BCUT2D eigenvalue weighted by molar-refractivity contribution is 0.476. The fourth-order valence-electron chi connectivity index (χ4n) is 1.63. The Hall–Kier alpha value is -0.600. The molecule has 0 spiro atoms. The van der Waals surface area contributed by atoms with Gasteiger partial charge in [-0.05, 0) is 37.8 Å². The first-order chi connectivity index (χ1) is 7.08. The molecule has 0 aromatic heterocycles. The van der Waals surface area contributed by atoms with E-state index < -0.39 is 0 Å². The van der Waals surface area contributed by atoms with E-state index in [1.54, 1.807) is 12.1 Å². The van der Waals surface area contributed by atoms with Gasteiger partial charge in [0.2, 0.25) is 0 Å². The number of halogens is 2. The van der Waals surface area contributed by atoms with Crippen LogP contribution >= 0.6 is 23.2 Å². The van der Waals surface area contributed by atoms with Crippen LogP contribution in [0.2, 0.25) is 10.0 Å². The zero-order valence-corrected chi connectivity index (χ0v) is 9.94. The van der Waals surface area contributed by atoms with Gasteiger partial charge in [0.1, 0.15) is 0 Å². The summed E-state index contributed by atoms with van der Waals surface area (Å²) < 4.78 is 0. The van der Waals surface area contributed by atoms with Crippen LogP contribution in [0.4, 0.5) is 5.69 Å². The van der Waals surface area contributed by atoms with E-state index in [-0.39, 0.29) is 15.8 Å². The predicted octanol–water partition coefficient (Wildman–Crippen LogP) is 3.91. The molecule has 1 saturated carbocycles. The van der Waals surface area contributed by atoms with Crippen molar-refractivity contribution in [1.82, 2.24) is 0 Å². The molecule has 2 nitrogen and oxygen atoms in total. The first-order valence-electron chi connectivity index (χ1n) is 5.02. The van der Waals surface area contributed by atoms with Crippen LogP contribution in [0.15, 0.2) is 12.1 Å². The summed E-state index contributed by atoms with van der Waals surface area (Å²) >= 11 is 11.6. The van der Waals surface area contributed by atoms with E-state index in [9.17, 15) is 5.11 Å². The van der Waals surface area contributed by atoms with Crippen molar-refractivity contribution < 1.29 is 5.11 Å². The summed E-state index contributed by atoms with van der Waals surface area (Å²) in [7, 11) is 0. The van der Waals surface area contributed by atoms with Crippen LogP contribution in [0.5, 0.6) is 5.75 Å². The number of phenolic OH excluding ortho intramolecular Hbond substituents is 1. The number of aromatic hydroxyl groups is 1. The molecule has 15 heavy (non-hydrogen) atoms. The fourth-order valence-corrected chi connectivity index (χ4v) is 2.11. The van der Waals surface area contributed by atoms with Gasteiger partial charge >= 0.3 is 0 Å². The number of nitrogens with one attached hydrogen (secondary N) is 1. The van der Waals surface area contributed by atoms with Crippen molar-refractivity contribution in [1.29, 1.82) is 0 Å².